The van der Waals surface area contributed by atoms with Gasteiger partial charge in [0.05, 0.1) is 5.52 Å². The lowest BCUT2D eigenvalue weighted by molar-refractivity contribution is 0.651. The first-order valence-corrected chi connectivity index (χ1v) is 10.5. The number of aromatic nitrogens is 4. The van der Waals surface area contributed by atoms with Crippen molar-refractivity contribution in [2.75, 3.05) is 18.0 Å². The Morgan fingerprint density at radius 1 is 1.12 bits per heavy atom. The number of halogens is 1. The molecule has 5 rings (SSSR count). The lowest BCUT2D eigenvalue weighted by atomic mass is 10.2. The third-order valence-electron chi connectivity index (χ3n) is 5.05. The Hall–Kier alpha value is -1.79. The minimum Gasteiger partial charge on any atom is -0.341 e. The SMILES string of the molecule is Clc1nc2ccccc2cc1CSc1nnc(N2CCCC2)n1C1CC1. The Morgan fingerprint density at radius 3 is 2.73 bits per heavy atom. The Labute approximate surface area is 161 Å². The second-order valence-electron chi connectivity index (χ2n) is 7.00. The van der Waals surface area contributed by atoms with Crippen LogP contribution in [0.15, 0.2) is 35.5 Å². The lowest BCUT2D eigenvalue weighted by Crippen LogP contribution is -2.22. The first-order valence-electron chi connectivity index (χ1n) is 9.16. The molecule has 2 aliphatic rings. The molecule has 1 aliphatic carbocycles. The summed E-state index contributed by atoms with van der Waals surface area (Å²) in [6.45, 7) is 2.19. The molecule has 2 aromatic heterocycles. The summed E-state index contributed by atoms with van der Waals surface area (Å²) < 4.78 is 2.35. The van der Waals surface area contributed by atoms with E-state index in [4.69, 9.17) is 11.6 Å². The van der Waals surface area contributed by atoms with Gasteiger partial charge in [0, 0.05) is 35.8 Å². The monoisotopic (exact) mass is 385 g/mol. The topological polar surface area (TPSA) is 46.8 Å². The van der Waals surface area contributed by atoms with Crippen molar-refractivity contribution < 1.29 is 0 Å². The second-order valence-corrected chi connectivity index (χ2v) is 8.30. The van der Waals surface area contributed by atoms with Crippen molar-refractivity contribution in [1.29, 1.82) is 0 Å². The van der Waals surface area contributed by atoms with Crippen LogP contribution in [-0.4, -0.2) is 32.8 Å². The number of hydrogen-bond acceptors (Lipinski definition) is 5. The van der Waals surface area contributed by atoms with Gasteiger partial charge >= 0.3 is 0 Å². The molecule has 0 amide bonds. The standard InChI is InChI=1S/C19H20ClN5S/c20-17-14(11-13-5-1-2-6-16(13)21-17)12-26-19-23-22-18(24-9-3-4-10-24)25(19)15-7-8-15/h1-2,5-6,11,15H,3-4,7-10,12H2. The fourth-order valence-electron chi connectivity index (χ4n) is 3.53. The van der Waals surface area contributed by atoms with Crippen LogP contribution in [0.1, 0.15) is 37.3 Å². The number of para-hydroxylation sites is 1. The summed E-state index contributed by atoms with van der Waals surface area (Å²) in [5.41, 5.74) is 1.98. The molecular formula is C19H20ClN5S. The van der Waals surface area contributed by atoms with E-state index in [0.717, 1.165) is 46.4 Å². The average molecular weight is 386 g/mol. The van der Waals surface area contributed by atoms with E-state index in [1.807, 2.05) is 18.2 Å². The summed E-state index contributed by atoms with van der Waals surface area (Å²) in [5, 5.41) is 11.7. The number of rotatable bonds is 5. The molecule has 0 unspecified atom stereocenters. The second kappa shape index (κ2) is 6.74. The molecule has 0 atom stereocenters. The van der Waals surface area contributed by atoms with Gasteiger partial charge in [0.25, 0.3) is 0 Å². The highest BCUT2D eigenvalue weighted by Gasteiger charge is 2.32. The number of hydrogen-bond donors (Lipinski definition) is 0. The number of thioether (sulfide) groups is 1. The first-order chi connectivity index (χ1) is 12.8. The van der Waals surface area contributed by atoms with Crippen molar-refractivity contribution in [3.05, 3.63) is 41.0 Å². The highest BCUT2D eigenvalue weighted by atomic mass is 35.5. The quantitative estimate of drug-likeness (QED) is 0.470. The largest absolute Gasteiger partial charge is 0.341 e. The Kier molecular flexibility index (Phi) is 4.25. The van der Waals surface area contributed by atoms with E-state index >= 15 is 0 Å². The molecule has 2 fully saturated rings. The molecule has 26 heavy (non-hydrogen) atoms. The molecule has 5 nitrogen and oxygen atoms in total. The maximum Gasteiger partial charge on any atom is 0.228 e. The van der Waals surface area contributed by atoms with Gasteiger partial charge in [-0.05, 0) is 37.8 Å². The van der Waals surface area contributed by atoms with Crippen LogP contribution in [0.2, 0.25) is 5.15 Å². The van der Waals surface area contributed by atoms with E-state index in [2.05, 4.69) is 36.8 Å². The van der Waals surface area contributed by atoms with Crippen LogP contribution in [0.3, 0.4) is 0 Å². The molecule has 1 aliphatic heterocycles. The molecular weight excluding hydrogens is 366 g/mol. The summed E-state index contributed by atoms with van der Waals surface area (Å²) in [6, 6.07) is 10.8. The first kappa shape index (κ1) is 16.4. The van der Waals surface area contributed by atoms with Gasteiger partial charge in [-0.25, -0.2) is 4.98 Å². The van der Waals surface area contributed by atoms with Crippen molar-refractivity contribution >= 4 is 40.2 Å². The van der Waals surface area contributed by atoms with Crippen molar-refractivity contribution in [1.82, 2.24) is 19.7 Å². The lowest BCUT2D eigenvalue weighted by Gasteiger charge is -2.18. The fraction of sp³-hybridized carbons (Fsp3) is 0.421. The van der Waals surface area contributed by atoms with Gasteiger partial charge in [-0.15, -0.1) is 10.2 Å². The molecule has 0 N–H and O–H groups in total. The van der Waals surface area contributed by atoms with Crippen molar-refractivity contribution in [3.63, 3.8) is 0 Å². The number of anilines is 1. The maximum atomic E-state index is 6.42. The molecule has 0 bridgehead atoms. The zero-order valence-corrected chi connectivity index (χ0v) is 16.0. The van der Waals surface area contributed by atoms with Gasteiger partial charge in [0.15, 0.2) is 5.16 Å². The minimum atomic E-state index is 0.563. The van der Waals surface area contributed by atoms with Gasteiger partial charge in [-0.2, -0.15) is 0 Å². The van der Waals surface area contributed by atoms with E-state index in [0.29, 0.717) is 11.2 Å². The smallest absolute Gasteiger partial charge is 0.228 e. The molecule has 1 saturated carbocycles. The van der Waals surface area contributed by atoms with Crippen LogP contribution < -0.4 is 4.90 Å². The number of fused-ring (bicyclic) bond motifs is 1. The van der Waals surface area contributed by atoms with Crippen LogP contribution in [0.4, 0.5) is 5.95 Å². The zero-order valence-electron chi connectivity index (χ0n) is 14.4. The summed E-state index contributed by atoms with van der Waals surface area (Å²) in [7, 11) is 0. The van der Waals surface area contributed by atoms with E-state index in [-0.39, 0.29) is 0 Å². The van der Waals surface area contributed by atoms with Gasteiger partial charge in [-0.1, -0.05) is 41.6 Å². The van der Waals surface area contributed by atoms with E-state index in [9.17, 15) is 0 Å². The molecule has 1 aromatic carbocycles. The third kappa shape index (κ3) is 3.05. The Balaban J connectivity index is 1.41. The molecule has 1 saturated heterocycles. The average Bonchev–Trinajstić information content (AvgIpc) is 3.18. The predicted molar refractivity (Wildman–Crippen MR) is 106 cm³/mol. The molecule has 0 spiro atoms. The third-order valence-corrected chi connectivity index (χ3v) is 6.37. The van der Waals surface area contributed by atoms with Crippen LogP contribution in [0, 0.1) is 0 Å². The van der Waals surface area contributed by atoms with E-state index in [1.54, 1.807) is 11.8 Å². The summed E-state index contributed by atoms with van der Waals surface area (Å²) in [5.74, 6) is 1.80. The van der Waals surface area contributed by atoms with Crippen molar-refractivity contribution in [2.24, 2.45) is 0 Å². The number of pyridine rings is 1. The van der Waals surface area contributed by atoms with Gasteiger partial charge in [-0.3, -0.25) is 4.57 Å². The van der Waals surface area contributed by atoms with Crippen molar-refractivity contribution in [3.8, 4) is 0 Å². The normalized spacial score (nSPS) is 17.3. The fourth-order valence-corrected chi connectivity index (χ4v) is 4.80. The minimum absolute atomic E-state index is 0.563. The van der Waals surface area contributed by atoms with Gasteiger partial charge in [0.1, 0.15) is 5.15 Å². The molecule has 3 heterocycles. The summed E-state index contributed by atoms with van der Waals surface area (Å²) >= 11 is 8.13. The zero-order chi connectivity index (χ0) is 17.5. The van der Waals surface area contributed by atoms with Crippen LogP contribution >= 0.6 is 23.4 Å². The van der Waals surface area contributed by atoms with Crippen LogP contribution in [0.5, 0.6) is 0 Å². The molecule has 0 radical (unpaired) electrons. The molecule has 7 heteroatoms. The Bertz CT molecular complexity index is 946. The van der Waals surface area contributed by atoms with Crippen LogP contribution in [-0.2, 0) is 5.75 Å². The molecule has 134 valence electrons. The molecule has 3 aromatic rings. The van der Waals surface area contributed by atoms with E-state index in [1.165, 1.54) is 25.7 Å². The van der Waals surface area contributed by atoms with Gasteiger partial charge in [0.2, 0.25) is 5.95 Å². The van der Waals surface area contributed by atoms with E-state index < -0.39 is 0 Å². The summed E-state index contributed by atoms with van der Waals surface area (Å²) in [6.07, 6.45) is 4.95. The predicted octanol–water partition coefficient (Wildman–Crippen LogP) is 4.71. The Morgan fingerprint density at radius 2 is 1.92 bits per heavy atom. The van der Waals surface area contributed by atoms with Crippen molar-refractivity contribution in [2.45, 2.75) is 42.6 Å². The van der Waals surface area contributed by atoms with Gasteiger partial charge < -0.3 is 4.90 Å². The number of nitrogens with zero attached hydrogens (tertiary/aromatic N) is 5. The van der Waals surface area contributed by atoms with Crippen LogP contribution in [0.25, 0.3) is 10.9 Å². The highest BCUT2D eigenvalue weighted by Crippen LogP contribution is 2.42. The summed E-state index contributed by atoms with van der Waals surface area (Å²) in [4.78, 5) is 6.90. The number of benzene rings is 1. The maximum absolute atomic E-state index is 6.42. The highest BCUT2D eigenvalue weighted by molar-refractivity contribution is 7.98.